The number of imidazole rings is 1. The molecule has 7 nitrogen and oxygen atoms in total. The van der Waals surface area contributed by atoms with E-state index in [1.807, 2.05) is 6.07 Å². The van der Waals surface area contributed by atoms with Crippen molar-refractivity contribution in [2.45, 2.75) is 0 Å². The van der Waals surface area contributed by atoms with Crippen LogP contribution in [0, 0.1) is 0 Å². The van der Waals surface area contributed by atoms with Gasteiger partial charge in [-0.3, -0.25) is 9.89 Å². The van der Waals surface area contributed by atoms with E-state index in [4.69, 9.17) is 5.73 Å². The zero-order chi connectivity index (χ0) is 12.5. The smallest absolute Gasteiger partial charge is 0.259 e. The third-order valence-corrected chi connectivity index (χ3v) is 2.52. The molecular weight excluding hydrogens is 232 g/mol. The molecule has 3 rings (SSSR count). The van der Waals surface area contributed by atoms with Gasteiger partial charge in [0.2, 0.25) is 0 Å². The molecule has 0 bridgehead atoms. The second-order valence-electron chi connectivity index (χ2n) is 3.75. The number of nitrogens with one attached hydrogen (secondary N) is 3. The predicted octanol–water partition coefficient (Wildman–Crippen LogP) is 1.12. The van der Waals surface area contributed by atoms with Gasteiger partial charge in [-0.15, -0.1) is 0 Å². The van der Waals surface area contributed by atoms with Crippen LogP contribution in [0.5, 0.6) is 0 Å². The van der Waals surface area contributed by atoms with Crippen molar-refractivity contribution < 1.29 is 4.79 Å². The Morgan fingerprint density at radius 1 is 1.33 bits per heavy atom. The van der Waals surface area contributed by atoms with Gasteiger partial charge in [0.15, 0.2) is 5.95 Å². The van der Waals surface area contributed by atoms with E-state index in [0.29, 0.717) is 16.9 Å². The first kappa shape index (κ1) is 10.3. The molecule has 0 aliphatic carbocycles. The van der Waals surface area contributed by atoms with Crippen LogP contribution in [-0.2, 0) is 0 Å². The molecule has 18 heavy (non-hydrogen) atoms. The van der Waals surface area contributed by atoms with Crippen LogP contribution in [0.2, 0.25) is 0 Å². The van der Waals surface area contributed by atoms with E-state index in [0.717, 1.165) is 5.52 Å². The van der Waals surface area contributed by atoms with Gasteiger partial charge in [0.05, 0.1) is 17.3 Å². The minimum absolute atomic E-state index is 0.267. The Kier molecular flexibility index (Phi) is 2.23. The number of nitrogens with zero attached hydrogens (tertiary/aromatic N) is 2. The fourth-order valence-electron chi connectivity index (χ4n) is 1.75. The highest BCUT2D eigenvalue weighted by molar-refractivity contribution is 6.11. The van der Waals surface area contributed by atoms with E-state index in [1.165, 1.54) is 0 Å². The number of hydrogen-bond acceptors (Lipinski definition) is 4. The van der Waals surface area contributed by atoms with E-state index in [-0.39, 0.29) is 11.9 Å². The number of rotatable bonds is 2. The van der Waals surface area contributed by atoms with Gasteiger partial charge in [-0.2, -0.15) is 5.10 Å². The average Bonchev–Trinajstić information content (AvgIpc) is 2.95. The van der Waals surface area contributed by atoms with E-state index in [2.05, 4.69) is 25.5 Å². The summed E-state index contributed by atoms with van der Waals surface area (Å²) in [5.74, 6) is 0.545. The molecule has 0 spiro atoms. The average molecular weight is 242 g/mol. The van der Waals surface area contributed by atoms with Crippen LogP contribution in [0.4, 0.5) is 11.8 Å². The van der Waals surface area contributed by atoms with E-state index in [1.54, 1.807) is 24.4 Å². The first-order chi connectivity index (χ1) is 8.74. The van der Waals surface area contributed by atoms with Crippen molar-refractivity contribution in [3.8, 4) is 0 Å². The Morgan fingerprint density at radius 3 is 3.00 bits per heavy atom. The number of nitrogens with two attached hydrogens (primary N) is 1. The standard InChI is InChI=1S/C11H10N6O/c12-11-14-7-3-1-2-6(9(7)16-11)10(18)15-8-4-5-13-17-8/h1-5H,(H3,12,14,16)(H2,13,15,17,18). The monoisotopic (exact) mass is 242 g/mol. The molecule has 1 aromatic carbocycles. The highest BCUT2D eigenvalue weighted by Gasteiger charge is 2.13. The Balaban J connectivity index is 2.01. The molecule has 0 aliphatic heterocycles. The van der Waals surface area contributed by atoms with Gasteiger partial charge in [0, 0.05) is 6.07 Å². The summed E-state index contributed by atoms with van der Waals surface area (Å²) in [6.45, 7) is 0. The van der Waals surface area contributed by atoms with Crippen molar-refractivity contribution in [1.29, 1.82) is 0 Å². The molecule has 0 unspecified atom stereocenters. The van der Waals surface area contributed by atoms with Gasteiger partial charge in [0.1, 0.15) is 11.3 Å². The molecule has 0 saturated heterocycles. The number of aromatic amines is 2. The number of benzene rings is 1. The molecule has 0 radical (unpaired) electrons. The number of H-pyrrole nitrogens is 2. The van der Waals surface area contributed by atoms with Crippen molar-refractivity contribution in [1.82, 2.24) is 20.2 Å². The molecule has 0 aliphatic rings. The Bertz CT molecular complexity index is 699. The minimum Gasteiger partial charge on any atom is -0.369 e. The lowest BCUT2D eigenvalue weighted by molar-refractivity contribution is 0.102. The summed E-state index contributed by atoms with van der Waals surface area (Å²) in [5, 5.41) is 9.10. The van der Waals surface area contributed by atoms with Crippen LogP contribution in [-0.4, -0.2) is 26.1 Å². The fourth-order valence-corrected chi connectivity index (χ4v) is 1.75. The number of carbonyl (C=O) groups is 1. The number of carbonyl (C=O) groups excluding carboxylic acids is 1. The largest absolute Gasteiger partial charge is 0.369 e. The van der Waals surface area contributed by atoms with Gasteiger partial charge in [-0.1, -0.05) is 6.07 Å². The summed E-state index contributed by atoms with van der Waals surface area (Å²) in [6.07, 6.45) is 1.56. The lowest BCUT2D eigenvalue weighted by atomic mass is 10.1. The van der Waals surface area contributed by atoms with E-state index in [9.17, 15) is 4.79 Å². The number of nitrogen functional groups attached to an aromatic ring is 1. The van der Waals surface area contributed by atoms with Crippen molar-refractivity contribution in [3.05, 3.63) is 36.0 Å². The van der Waals surface area contributed by atoms with Gasteiger partial charge < -0.3 is 16.0 Å². The highest BCUT2D eigenvalue weighted by atomic mass is 16.1. The van der Waals surface area contributed by atoms with Gasteiger partial charge in [-0.25, -0.2) is 4.98 Å². The summed E-state index contributed by atoms with van der Waals surface area (Å²) < 4.78 is 0. The zero-order valence-corrected chi connectivity index (χ0v) is 9.27. The second kappa shape index (κ2) is 3.88. The Hall–Kier alpha value is -2.83. The third-order valence-electron chi connectivity index (χ3n) is 2.52. The van der Waals surface area contributed by atoms with Gasteiger partial charge in [0.25, 0.3) is 5.91 Å². The predicted molar refractivity (Wildman–Crippen MR) is 67.0 cm³/mol. The maximum atomic E-state index is 12.1. The SMILES string of the molecule is Nc1nc2c(C(=O)Nc3ccn[nH]3)cccc2[nH]1. The molecule has 7 heteroatoms. The molecule has 2 aromatic heterocycles. The quantitative estimate of drug-likeness (QED) is 0.539. The van der Waals surface area contributed by atoms with Crippen LogP contribution in [0.15, 0.2) is 30.5 Å². The molecular formula is C11H10N6O. The topological polar surface area (TPSA) is 112 Å². The lowest BCUT2D eigenvalue weighted by Gasteiger charge is -2.02. The molecule has 0 saturated carbocycles. The fraction of sp³-hybridized carbons (Fsp3) is 0. The first-order valence-corrected chi connectivity index (χ1v) is 5.29. The maximum Gasteiger partial charge on any atom is 0.259 e. The van der Waals surface area contributed by atoms with Crippen LogP contribution in [0.25, 0.3) is 11.0 Å². The molecule has 2 heterocycles. The number of hydrogen-bond donors (Lipinski definition) is 4. The summed E-state index contributed by atoms with van der Waals surface area (Å²) in [7, 11) is 0. The van der Waals surface area contributed by atoms with Crippen molar-refractivity contribution in [3.63, 3.8) is 0 Å². The Morgan fingerprint density at radius 2 is 2.22 bits per heavy atom. The molecule has 5 N–H and O–H groups in total. The summed E-state index contributed by atoms with van der Waals surface area (Å²) in [5.41, 5.74) is 7.31. The third kappa shape index (κ3) is 1.67. The molecule has 90 valence electrons. The zero-order valence-electron chi connectivity index (χ0n) is 9.27. The number of para-hydroxylation sites is 1. The van der Waals surface area contributed by atoms with Crippen LogP contribution < -0.4 is 11.1 Å². The maximum absolute atomic E-state index is 12.1. The minimum atomic E-state index is -0.267. The van der Waals surface area contributed by atoms with Crippen LogP contribution >= 0.6 is 0 Å². The number of anilines is 2. The van der Waals surface area contributed by atoms with Crippen LogP contribution in [0.1, 0.15) is 10.4 Å². The first-order valence-electron chi connectivity index (χ1n) is 5.29. The van der Waals surface area contributed by atoms with Crippen LogP contribution in [0.3, 0.4) is 0 Å². The van der Waals surface area contributed by atoms with Gasteiger partial charge >= 0.3 is 0 Å². The van der Waals surface area contributed by atoms with Crippen molar-refractivity contribution in [2.75, 3.05) is 11.1 Å². The van der Waals surface area contributed by atoms with Crippen molar-refractivity contribution >= 4 is 28.7 Å². The lowest BCUT2D eigenvalue weighted by Crippen LogP contribution is -2.12. The number of aromatic nitrogens is 4. The highest BCUT2D eigenvalue weighted by Crippen LogP contribution is 2.18. The molecule has 1 amide bonds. The molecule has 0 fully saturated rings. The van der Waals surface area contributed by atoms with Crippen molar-refractivity contribution in [2.24, 2.45) is 0 Å². The normalized spacial score (nSPS) is 10.7. The number of amides is 1. The second-order valence-corrected chi connectivity index (χ2v) is 3.75. The summed E-state index contributed by atoms with van der Waals surface area (Å²) in [4.78, 5) is 19.1. The summed E-state index contributed by atoms with van der Waals surface area (Å²) in [6, 6.07) is 6.93. The van der Waals surface area contributed by atoms with E-state index >= 15 is 0 Å². The summed E-state index contributed by atoms with van der Waals surface area (Å²) >= 11 is 0. The van der Waals surface area contributed by atoms with E-state index < -0.39 is 0 Å². The Labute approximate surface area is 101 Å². The van der Waals surface area contributed by atoms with Gasteiger partial charge in [-0.05, 0) is 12.1 Å². The molecule has 0 atom stereocenters. The molecule has 3 aromatic rings. The number of fused-ring (bicyclic) bond motifs is 1.